The zero-order chi connectivity index (χ0) is 17.6. The lowest BCUT2D eigenvalue weighted by molar-refractivity contribution is -0.116. The SMILES string of the molecule is Cc1ccccc1/C=C\C(=O)NCCn1nnc2ccccc2c1=O. The molecule has 6 heteroatoms. The summed E-state index contributed by atoms with van der Waals surface area (Å²) >= 11 is 0. The number of nitrogens with zero attached hydrogens (tertiary/aromatic N) is 3. The van der Waals surface area contributed by atoms with E-state index in [9.17, 15) is 9.59 Å². The van der Waals surface area contributed by atoms with Crippen molar-refractivity contribution in [1.29, 1.82) is 0 Å². The van der Waals surface area contributed by atoms with Crippen LogP contribution in [0.1, 0.15) is 11.1 Å². The molecule has 0 aliphatic heterocycles. The summed E-state index contributed by atoms with van der Waals surface area (Å²) in [7, 11) is 0. The first kappa shape index (κ1) is 16.6. The molecule has 1 amide bonds. The van der Waals surface area contributed by atoms with E-state index < -0.39 is 0 Å². The van der Waals surface area contributed by atoms with Gasteiger partial charge < -0.3 is 5.32 Å². The van der Waals surface area contributed by atoms with Crippen LogP contribution >= 0.6 is 0 Å². The van der Waals surface area contributed by atoms with Gasteiger partial charge in [0.1, 0.15) is 5.52 Å². The fraction of sp³-hybridized carbons (Fsp3) is 0.158. The lowest BCUT2D eigenvalue weighted by Gasteiger charge is -2.05. The summed E-state index contributed by atoms with van der Waals surface area (Å²) in [5.74, 6) is -0.218. The summed E-state index contributed by atoms with van der Waals surface area (Å²) < 4.78 is 1.26. The van der Waals surface area contributed by atoms with Crippen molar-refractivity contribution in [1.82, 2.24) is 20.3 Å². The lowest BCUT2D eigenvalue weighted by atomic mass is 10.1. The van der Waals surface area contributed by atoms with Gasteiger partial charge in [0.2, 0.25) is 5.91 Å². The zero-order valence-electron chi connectivity index (χ0n) is 13.8. The topological polar surface area (TPSA) is 76.9 Å². The fourth-order valence-electron chi connectivity index (χ4n) is 2.45. The second kappa shape index (κ2) is 7.53. The number of rotatable bonds is 5. The molecule has 0 spiro atoms. The molecule has 1 N–H and O–H groups in total. The summed E-state index contributed by atoms with van der Waals surface area (Å²) in [6.07, 6.45) is 3.25. The van der Waals surface area contributed by atoms with E-state index in [4.69, 9.17) is 0 Å². The number of carbonyl (C=O) groups excluding carboxylic acids is 1. The highest BCUT2D eigenvalue weighted by Gasteiger charge is 2.05. The third-order valence-corrected chi connectivity index (χ3v) is 3.85. The third kappa shape index (κ3) is 3.98. The molecule has 0 saturated carbocycles. The Morgan fingerprint density at radius 3 is 2.76 bits per heavy atom. The van der Waals surface area contributed by atoms with E-state index in [1.165, 1.54) is 10.8 Å². The van der Waals surface area contributed by atoms with Gasteiger partial charge in [-0.2, -0.15) is 0 Å². The zero-order valence-corrected chi connectivity index (χ0v) is 13.8. The first-order chi connectivity index (χ1) is 12.1. The average molecular weight is 334 g/mol. The Kier molecular flexibility index (Phi) is 4.99. The van der Waals surface area contributed by atoms with Crippen LogP contribution in [0.4, 0.5) is 0 Å². The fourth-order valence-corrected chi connectivity index (χ4v) is 2.45. The Morgan fingerprint density at radius 2 is 1.92 bits per heavy atom. The van der Waals surface area contributed by atoms with Crippen molar-refractivity contribution >= 4 is 22.9 Å². The summed E-state index contributed by atoms with van der Waals surface area (Å²) in [5.41, 5.74) is 2.45. The van der Waals surface area contributed by atoms with Gasteiger partial charge in [-0.15, -0.1) is 5.10 Å². The minimum absolute atomic E-state index is 0.213. The van der Waals surface area contributed by atoms with Gasteiger partial charge in [0.15, 0.2) is 0 Å². The van der Waals surface area contributed by atoms with Crippen molar-refractivity contribution < 1.29 is 4.79 Å². The average Bonchev–Trinajstić information content (AvgIpc) is 2.63. The van der Waals surface area contributed by atoms with Gasteiger partial charge in [-0.05, 0) is 36.3 Å². The van der Waals surface area contributed by atoms with Crippen molar-refractivity contribution in [2.75, 3.05) is 6.54 Å². The molecule has 3 rings (SSSR count). The Hall–Kier alpha value is -3.28. The molecule has 2 aromatic carbocycles. The number of hydrogen-bond donors (Lipinski definition) is 1. The summed E-state index contributed by atoms with van der Waals surface area (Å²) in [6.45, 7) is 2.55. The first-order valence-electron chi connectivity index (χ1n) is 7.99. The molecule has 0 aliphatic carbocycles. The molecule has 0 radical (unpaired) electrons. The number of fused-ring (bicyclic) bond motifs is 1. The number of amides is 1. The van der Waals surface area contributed by atoms with Crippen LogP contribution < -0.4 is 10.9 Å². The lowest BCUT2D eigenvalue weighted by Crippen LogP contribution is -2.31. The number of aromatic nitrogens is 3. The van der Waals surface area contributed by atoms with E-state index in [1.807, 2.05) is 37.3 Å². The molecule has 1 aromatic heterocycles. The van der Waals surface area contributed by atoms with Crippen LogP contribution in [-0.4, -0.2) is 27.4 Å². The summed E-state index contributed by atoms with van der Waals surface area (Å²) in [6, 6.07) is 14.9. The van der Waals surface area contributed by atoms with E-state index >= 15 is 0 Å². The molecule has 1 heterocycles. The smallest absolute Gasteiger partial charge is 0.277 e. The second-order valence-corrected chi connectivity index (χ2v) is 5.62. The molecule has 0 bridgehead atoms. The van der Waals surface area contributed by atoms with E-state index in [0.717, 1.165) is 11.1 Å². The molecule has 6 nitrogen and oxygen atoms in total. The number of nitrogens with one attached hydrogen (secondary N) is 1. The Morgan fingerprint density at radius 1 is 1.16 bits per heavy atom. The highest BCUT2D eigenvalue weighted by Crippen LogP contribution is 2.08. The van der Waals surface area contributed by atoms with Crippen LogP contribution in [0, 0.1) is 6.92 Å². The van der Waals surface area contributed by atoms with Crippen LogP contribution in [0.2, 0.25) is 0 Å². The molecule has 25 heavy (non-hydrogen) atoms. The van der Waals surface area contributed by atoms with E-state index in [1.54, 1.807) is 24.3 Å². The van der Waals surface area contributed by atoms with Crippen LogP contribution in [0.5, 0.6) is 0 Å². The van der Waals surface area contributed by atoms with Gasteiger partial charge >= 0.3 is 0 Å². The van der Waals surface area contributed by atoms with Gasteiger partial charge in [0.05, 0.1) is 11.9 Å². The van der Waals surface area contributed by atoms with Crippen LogP contribution in [0.3, 0.4) is 0 Å². The number of hydrogen-bond acceptors (Lipinski definition) is 4. The van der Waals surface area contributed by atoms with Crippen LogP contribution in [0.25, 0.3) is 17.0 Å². The molecule has 0 saturated heterocycles. The number of aryl methyl sites for hydroxylation is 1. The summed E-state index contributed by atoms with van der Waals surface area (Å²) in [4.78, 5) is 24.2. The molecule has 0 atom stereocenters. The van der Waals surface area contributed by atoms with Crippen molar-refractivity contribution in [2.24, 2.45) is 0 Å². The standard InChI is InChI=1S/C19H18N4O2/c1-14-6-2-3-7-15(14)10-11-18(24)20-12-13-23-19(25)16-8-4-5-9-17(16)21-22-23/h2-11H,12-13H2,1H3,(H,20,24)/b11-10-. The molecule has 0 unspecified atom stereocenters. The maximum Gasteiger partial charge on any atom is 0.277 e. The van der Waals surface area contributed by atoms with E-state index in [0.29, 0.717) is 17.4 Å². The third-order valence-electron chi connectivity index (χ3n) is 3.85. The number of carbonyl (C=O) groups is 1. The normalized spacial score (nSPS) is 11.1. The second-order valence-electron chi connectivity index (χ2n) is 5.62. The Labute approximate surface area is 144 Å². The maximum atomic E-state index is 12.3. The molecule has 126 valence electrons. The van der Waals surface area contributed by atoms with Gasteiger partial charge in [0.25, 0.3) is 5.56 Å². The van der Waals surface area contributed by atoms with Gasteiger partial charge in [0, 0.05) is 12.6 Å². The van der Waals surface area contributed by atoms with Crippen LogP contribution in [0.15, 0.2) is 59.4 Å². The van der Waals surface area contributed by atoms with E-state index in [-0.39, 0.29) is 18.0 Å². The molecule has 0 fully saturated rings. The first-order valence-corrected chi connectivity index (χ1v) is 7.99. The maximum absolute atomic E-state index is 12.3. The molecule has 3 aromatic rings. The van der Waals surface area contributed by atoms with Crippen molar-refractivity contribution in [2.45, 2.75) is 13.5 Å². The van der Waals surface area contributed by atoms with Crippen molar-refractivity contribution in [3.63, 3.8) is 0 Å². The van der Waals surface area contributed by atoms with Crippen LogP contribution in [-0.2, 0) is 11.3 Å². The number of benzene rings is 2. The monoisotopic (exact) mass is 334 g/mol. The summed E-state index contributed by atoms with van der Waals surface area (Å²) in [5, 5.41) is 11.2. The van der Waals surface area contributed by atoms with Gasteiger partial charge in [-0.3, -0.25) is 9.59 Å². The van der Waals surface area contributed by atoms with Crippen molar-refractivity contribution in [3.8, 4) is 0 Å². The quantitative estimate of drug-likeness (QED) is 0.723. The van der Waals surface area contributed by atoms with Crippen molar-refractivity contribution in [3.05, 3.63) is 76.1 Å². The Balaban J connectivity index is 1.60. The highest BCUT2D eigenvalue weighted by atomic mass is 16.1. The van der Waals surface area contributed by atoms with E-state index in [2.05, 4.69) is 15.6 Å². The minimum Gasteiger partial charge on any atom is -0.351 e. The highest BCUT2D eigenvalue weighted by molar-refractivity contribution is 5.91. The molecular weight excluding hydrogens is 316 g/mol. The van der Waals surface area contributed by atoms with Gasteiger partial charge in [-0.25, -0.2) is 4.68 Å². The molecule has 0 aliphatic rings. The minimum atomic E-state index is -0.218. The molecular formula is C19H18N4O2. The largest absolute Gasteiger partial charge is 0.351 e. The van der Waals surface area contributed by atoms with Gasteiger partial charge in [-0.1, -0.05) is 41.6 Å². The predicted molar refractivity (Wildman–Crippen MR) is 97.0 cm³/mol. The Bertz CT molecular complexity index is 992. The predicted octanol–water partition coefficient (Wildman–Crippen LogP) is 1.93.